The smallest absolute Gasteiger partial charge is 0.311 e. The summed E-state index contributed by atoms with van der Waals surface area (Å²) in [5.74, 6) is -1.64. The molecular formula is C23H26N2O4. The molecule has 2 aromatic carbocycles. The lowest BCUT2D eigenvalue weighted by atomic mass is 9.96. The summed E-state index contributed by atoms with van der Waals surface area (Å²) in [6.07, 6.45) is 1.03. The molecule has 0 saturated carbocycles. The van der Waals surface area contributed by atoms with Crippen molar-refractivity contribution in [3.05, 3.63) is 71.8 Å². The first-order valence-corrected chi connectivity index (χ1v) is 9.96. The maximum Gasteiger partial charge on any atom is 0.311 e. The van der Waals surface area contributed by atoms with Crippen LogP contribution in [0.5, 0.6) is 0 Å². The lowest BCUT2D eigenvalue weighted by Gasteiger charge is -2.31. The fourth-order valence-electron chi connectivity index (χ4n) is 3.56. The lowest BCUT2D eigenvalue weighted by Crippen LogP contribution is -2.48. The average molecular weight is 394 g/mol. The van der Waals surface area contributed by atoms with Crippen LogP contribution in [0, 0.1) is 5.92 Å². The minimum Gasteiger partial charge on any atom is -0.466 e. The Hall–Kier alpha value is -3.15. The fraction of sp³-hybridized carbons (Fsp3) is 0.348. The molecule has 3 rings (SSSR count). The van der Waals surface area contributed by atoms with Crippen molar-refractivity contribution in [1.82, 2.24) is 10.2 Å². The van der Waals surface area contributed by atoms with E-state index in [0.29, 0.717) is 32.5 Å². The highest BCUT2D eigenvalue weighted by Gasteiger charge is 2.31. The highest BCUT2D eigenvalue weighted by molar-refractivity contribution is 6.35. The number of benzene rings is 2. The summed E-state index contributed by atoms with van der Waals surface area (Å²) >= 11 is 0. The topological polar surface area (TPSA) is 75.7 Å². The van der Waals surface area contributed by atoms with Crippen LogP contribution >= 0.6 is 0 Å². The van der Waals surface area contributed by atoms with E-state index < -0.39 is 17.9 Å². The molecule has 1 heterocycles. The zero-order valence-electron chi connectivity index (χ0n) is 16.5. The second-order valence-electron chi connectivity index (χ2n) is 7.05. The van der Waals surface area contributed by atoms with E-state index in [9.17, 15) is 14.4 Å². The Morgan fingerprint density at radius 3 is 1.97 bits per heavy atom. The summed E-state index contributed by atoms with van der Waals surface area (Å²) in [6.45, 7) is 2.87. The van der Waals surface area contributed by atoms with Crippen molar-refractivity contribution in [3.63, 3.8) is 0 Å². The number of nitrogens with one attached hydrogen (secondary N) is 1. The Kier molecular flexibility index (Phi) is 7.00. The molecule has 6 nitrogen and oxygen atoms in total. The summed E-state index contributed by atoms with van der Waals surface area (Å²) in [4.78, 5) is 38.8. The van der Waals surface area contributed by atoms with Crippen LogP contribution in [0.25, 0.3) is 0 Å². The Morgan fingerprint density at radius 1 is 0.966 bits per heavy atom. The number of rotatable bonds is 5. The molecule has 0 aliphatic carbocycles. The number of amides is 2. The van der Waals surface area contributed by atoms with Crippen LogP contribution in [0.2, 0.25) is 0 Å². The van der Waals surface area contributed by atoms with E-state index in [-0.39, 0.29) is 11.9 Å². The van der Waals surface area contributed by atoms with Crippen molar-refractivity contribution in [2.45, 2.75) is 25.8 Å². The molecular weight excluding hydrogens is 368 g/mol. The SMILES string of the molecule is CCOC(=O)C1CCN(C(=O)C(=O)NC(c2ccccc2)c2ccccc2)CC1. The summed E-state index contributed by atoms with van der Waals surface area (Å²) in [6, 6.07) is 18.7. The largest absolute Gasteiger partial charge is 0.466 e. The van der Waals surface area contributed by atoms with Gasteiger partial charge in [-0.15, -0.1) is 0 Å². The van der Waals surface area contributed by atoms with Crippen LogP contribution < -0.4 is 5.32 Å². The number of nitrogens with zero attached hydrogens (tertiary/aromatic N) is 1. The third kappa shape index (κ3) is 5.22. The molecule has 2 aromatic rings. The Balaban J connectivity index is 1.66. The minimum absolute atomic E-state index is 0.205. The van der Waals surface area contributed by atoms with Crippen molar-refractivity contribution >= 4 is 17.8 Å². The number of carbonyl (C=O) groups excluding carboxylic acids is 3. The Bertz CT molecular complexity index is 791. The van der Waals surface area contributed by atoms with E-state index >= 15 is 0 Å². The lowest BCUT2D eigenvalue weighted by molar-refractivity contribution is -0.152. The van der Waals surface area contributed by atoms with Crippen LogP contribution in [0.4, 0.5) is 0 Å². The molecule has 1 aliphatic heterocycles. The van der Waals surface area contributed by atoms with Gasteiger partial charge in [-0.3, -0.25) is 14.4 Å². The first-order chi connectivity index (χ1) is 14.1. The zero-order valence-corrected chi connectivity index (χ0v) is 16.5. The van der Waals surface area contributed by atoms with E-state index in [2.05, 4.69) is 5.32 Å². The number of hydrogen-bond donors (Lipinski definition) is 1. The van der Waals surface area contributed by atoms with Gasteiger partial charge in [0.05, 0.1) is 18.6 Å². The Labute approximate surface area is 170 Å². The van der Waals surface area contributed by atoms with Crippen molar-refractivity contribution in [3.8, 4) is 0 Å². The average Bonchev–Trinajstić information content (AvgIpc) is 2.78. The number of piperidine rings is 1. The standard InChI is InChI=1S/C23H26N2O4/c1-2-29-23(28)19-13-15-25(16-14-19)22(27)21(26)24-20(17-9-5-3-6-10-17)18-11-7-4-8-12-18/h3-12,19-20H,2,13-16H2,1H3,(H,24,26). The zero-order chi connectivity index (χ0) is 20.6. The molecule has 0 bridgehead atoms. The van der Waals surface area contributed by atoms with Gasteiger partial charge < -0.3 is 15.0 Å². The fourth-order valence-corrected chi connectivity index (χ4v) is 3.56. The van der Waals surface area contributed by atoms with Gasteiger partial charge in [-0.2, -0.15) is 0 Å². The van der Waals surface area contributed by atoms with E-state index in [1.807, 2.05) is 60.7 Å². The van der Waals surface area contributed by atoms with Crippen LogP contribution in [-0.4, -0.2) is 42.4 Å². The number of hydrogen-bond acceptors (Lipinski definition) is 4. The molecule has 0 aromatic heterocycles. The second-order valence-corrected chi connectivity index (χ2v) is 7.05. The molecule has 0 radical (unpaired) electrons. The number of ether oxygens (including phenoxy) is 1. The highest BCUT2D eigenvalue weighted by atomic mass is 16.5. The maximum absolute atomic E-state index is 12.7. The third-order valence-corrected chi connectivity index (χ3v) is 5.14. The second kappa shape index (κ2) is 9.87. The van der Waals surface area contributed by atoms with Crippen molar-refractivity contribution in [2.24, 2.45) is 5.92 Å². The number of likely N-dealkylation sites (tertiary alicyclic amines) is 1. The van der Waals surface area contributed by atoms with Crippen LogP contribution in [0.15, 0.2) is 60.7 Å². The normalized spacial score (nSPS) is 14.5. The first-order valence-electron chi connectivity index (χ1n) is 9.96. The van der Waals surface area contributed by atoms with Gasteiger partial charge in [0.2, 0.25) is 0 Å². The first kappa shape index (κ1) is 20.6. The van der Waals surface area contributed by atoms with E-state index in [4.69, 9.17) is 4.74 Å². The van der Waals surface area contributed by atoms with Gasteiger partial charge >= 0.3 is 17.8 Å². The van der Waals surface area contributed by atoms with E-state index in [1.165, 1.54) is 4.90 Å². The highest BCUT2D eigenvalue weighted by Crippen LogP contribution is 2.23. The molecule has 1 saturated heterocycles. The monoisotopic (exact) mass is 394 g/mol. The van der Waals surface area contributed by atoms with Crippen LogP contribution in [0.1, 0.15) is 36.9 Å². The van der Waals surface area contributed by atoms with Gasteiger partial charge in [0, 0.05) is 13.1 Å². The van der Waals surface area contributed by atoms with Crippen molar-refractivity contribution in [1.29, 1.82) is 0 Å². The quantitative estimate of drug-likeness (QED) is 0.625. The van der Waals surface area contributed by atoms with Crippen LogP contribution in [0.3, 0.4) is 0 Å². The predicted molar refractivity (Wildman–Crippen MR) is 109 cm³/mol. The van der Waals surface area contributed by atoms with E-state index in [1.54, 1.807) is 6.92 Å². The van der Waals surface area contributed by atoms with Gasteiger partial charge in [0.15, 0.2) is 0 Å². The molecule has 0 spiro atoms. The molecule has 1 aliphatic rings. The molecule has 1 fully saturated rings. The van der Waals surface area contributed by atoms with Gasteiger partial charge in [0.1, 0.15) is 0 Å². The maximum atomic E-state index is 12.7. The van der Waals surface area contributed by atoms with Crippen LogP contribution in [-0.2, 0) is 19.1 Å². The van der Waals surface area contributed by atoms with E-state index in [0.717, 1.165) is 11.1 Å². The molecule has 152 valence electrons. The molecule has 2 amide bonds. The summed E-state index contributed by atoms with van der Waals surface area (Å²) in [7, 11) is 0. The molecule has 1 N–H and O–H groups in total. The molecule has 0 atom stereocenters. The van der Waals surface area contributed by atoms with Gasteiger partial charge in [-0.05, 0) is 30.9 Å². The van der Waals surface area contributed by atoms with Gasteiger partial charge in [0.25, 0.3) is 0 Å². The third-order valence-electron chi connectivity index (χ3n) is 5.14. The molecule has 0 unspecified atom stereocenters. The predicted octanol–water partition coefficient (Wildman–Crippen LogP) is 2.69. The van der Waals surface area contributed by atoms with Crippen molar-refractivity contribution in [2.75, 3.05) is 19.7 Å². The summed E-state index contributed by atoms with van der Waals surface area (Å²) in [5.41, 5.74) is 1.81. The minimum atomic E-state index is -0.641. The van der Waals surface area contributed by atoms with Crippen molar-refractivity contribution < 1.29 is 19.1 Å². The molecule has 29 heavy (non-hydrogen) atoms. The summed E-state index contributed by atoms with van der Waals surface area (Å²) < 4.78 is 5.05. The van der Waals surface area contributed by atoms with Gasteiger partial charge in [-0.1, -0.05) is 60.7 Å². The summed E-state index contributed by atoms with van der Waals surface area (Å²) in [5, 5.41) is 2.88. The number of esters is 1. The Morgan fingerprint density at radius 2 is 1.48 bits per heavy atom. The van der Waals surface area contributed by atoms with Gasteiger partial charge in [-0.25, -0.2) is 0 Å². The number of carbonyl (C=O) groups is 3. The molecule has 6 heteroatoms.